The molecule has 1 fully saturated rings. The van der Waals surface area contributed by atoms with E-state index in [0.717, 1.165) is 19.6 Å². The Bertz CT molecular complexity index is 667. The van der Waals surface area contributed by atoms with Crippen LogP contribution in [0.15, 0.2) is 24.3 Å². The smallest absolute Gasteiger partial charge is 0.220 e. The monoisotopic (exact) mass is 333 g/mol. The molecule has 1 aromatic heterocycles. The molecule has 2 aromatic rings. The van der Waals surface area contributed by atoms with Crippen molar-refractivity contribution in [3.8, 4) is 11.4 Å². The molecule has 0 unspecified atom stereocenters. The van der Waals surface area contributed by atoms with Gasteiger partial charge in [-0.15, -0.1) is 10.2 Å². The second-order valence-electron chi connectivity index (χ2n) is 5.85. The molecule has 1 amide bonds. The van der Waals surface area contributed by atoms with Crippen LogP contribution < -0.4 is 5.32 Å². The minimum Gasteiger partial charge on any atom is -0.381 e. The molecule has 7 nitrogen and oxygen atoms in total. The number of benzene rings is 1. The van der Waals surface area contributed by atoms with Crippen molar-refractivity contribution in [1.82, 2.24) is 25.5 Å². The summed E-state index contributed by atoms with van der Waals surface area (Å²) in [6, 6.07) is 5.93. The average molecular weight is 333 g/mol. The largest absolute Gasteiger partial charge is 0.381 e. The summed E-state index contributed by atoms with van der Waals surface area (Å²) >= 11 is 0. The summed E-state index contributed by atoms with van der Waals surface area (Å²) in [5.74, 6) is 0.604. The Hall–Kier alpha value is -2.35. The molecule has 1 saturated heterocycles. The molecule has 2 heterocycles. The normalized spacial score (nSPS) is 17.1. The summed E-state index contributed by atoms with van der Waals surface area (Å²) in [6.45, 7) is 2.70. The number of tetrazole rings is 1. The van der Waals surface area contributed by atoms with Gasteiger partial charge in [-0.05, 0) is 42.3 Å². The molecule has 1 aliphatic heterocycles. The van der Waals surface area contributed by atoms with Crippen LogP contribution in [0.3, 0.4) is 0 Å². The van der Waals surface area contributed by atoms with E-state index in [1.807, 2.05) is 0 Å². The van der Waals surface area contributed by atoms with Gasteiger partial charge in [-0.3, -0.25) is 4.79 Å². The number of nitrogens with one attached hydrogen (secondary N) is 1. The molecule has 1 aromatic carbocycles. The SMILES string of the molecule is O=C(CCCn1nnc(-c2ccc(F)cc2)n1)NC[C@H]1CCOC1. The van der Waals surface area contributed by atoms with Crippen molar-refractivity contribution < 1.29 is 13.9 Å². The van der Waals surface area contributed by atoms with Crippen LogP contribution in [0.25, 0.3) is 11.4 Å². The molecule has 0 spiro atoms. The molecule has 0 bridgehead atoms. The Morgan fingerprint density at radius 2 is 2.21 bits per heavy atom. The summed E-state index contributed by atoms with van der Waals surface area (Å²) in [7, 11) is 0. The summed E-state index contributed by atoms with van der Waals surface area (Å²) in [6.07, 6.45) is 2.06. The molecule has 1 aliphatic rings. The lowest BCUT2D eigenvalue weighted by Gasteiger charge is -2.09. The lowest BCUT2D eigenvalue weighted by Crippen LogP contribution is -2.29. The first-order valence-electron chi connectivity index (χ1n) is 8.09. The fourth-order valence-corrected chi connectivity index (χ4v) is 2.52. The Morgan fingerprint density at radius 1 is 1.38 bits per heavy atom. The molecule has 0 radical (unpaired) electrons. The zero-order valence-corrected chi connectivity index (χ0v) is 13.3. The van der Waals surface area contributed by atoms with Crippen molar-refractivity contribution >= 4 is 5.91 Å². The third kappa shape index (κ3) is 4.58. The first kappa shape index (κ1) is 16.5. The molecular weight excluding hydrogens is 313 g/mol. The number of carbonyl (C=O) groups excluding carboxylic acids is 1. The number of carbonyl (C=O) groups is 1. The van der Waals surface area contributed by atoms with Crippen LogP contribution in [0.1, 0.15) is 19.3 Å². The Morgan fingerprint density at radius 3 is 2.96 bits per heavy atom. The zero-order valence-electron chi connectivity index (χ0n) is 13.3. The third-order valence-electron chi connectivity index (χ3n) is 3.93. The lowest BCUT2D eigenvalue weighted by atomic mass is 10.1. The highest BCUT2D eigenvalue weighted by atomic mass is 19.1. The van der Waals surface area contributed by atoms with E-state index < -0.39 is 0 Å². The molecule has 128 valence electrons. The van der Waals surface area contributed by atoms with Gasteiger partial charge in [-0.1, -0.05) is 0 Å². The minimum absolute atomic E-state index is 0.0285. The first-order chi connectivity index (χ1) is 11.7. The van der Waals surface area contributed by atoms with Crippen LogP contribution in [0.5, 0.6) is 0 Å². The predicted molar refractivity (Wildman–Crippen MR) is 84.4 cm³/mol. The summed E-state index contributed by atoms with van der Waals surface area (Å²) in [5, 5.41) is 15.1. The highest BCUT2D eigenvalue weighted by Gasteiger charge is 2.16. The number of ether oxygens (including phenoxy) is 1. The Labute approximate surface area is 139 Å². The van der Waals surface area contributed by atoms with E-state index in [1.54, 1.807) is 12.1 Å². The van der Waals surface area contributed by atoms with Crippen molar-refractivity contribution in [2.45, 2.75) is 25.8 Å². The molecule has 24 heavy (non-hydrogen) atoms. The fraction of sp³-hybridized carbons (Fsp3) is 0.500. The van der Waals surface area contributed by atoms with Crippen molar-refractivity contribution in [1.29, 1.82) is 0 Å². The number of rotatable bonds is 7. The highest BCUT2D eigenvalue weighted by Crippen LogP contribution is 2.14. The quantitative estimate of drug-likeness (QED) is 0.828. The van der Waals surface area contributed by atoms with Gasteiger partial charge in [-0.25, -0.2) is 4.39 Å². The van der Waals surface area contributed by atoms with Gasteiger partial charge in [0.25, 0.3) is 0 Å². The number of amides is 1. The van der Waals surface area contributed by atoms with Gasteiger partial charge in [0.2, 0.25) is 11.7 Å². The molecule has 0 saturated carbocycles. The number of hydrogen-bond acceptors (Lipinski definition) is 5. The standard InChI is InChI=1S/C16H20FN5O2/c17-14-5-3-13(4-6-14)16-19-21-22(20-16)8-1-2-15(23)18-10-12-7-9-24-11-12/h3-6,12H,1-2,7-11H2,(H,18,23)/t12-/m1/s1. The second kappa shape index (κ2) is 7.96. The van der Waals surface area contributed by atoms with Crippen LogP contribution in [-0.2, 0) is 16.1 Å². The topological polar surface area (TPSA) is 81.9 Å². The maximum atomic E-state index is 12.9. The van der Waals surface area contributed by atoms with Gasteiger partial charge in [-0.2, -0.15) is 4.80 Å². The van der Waals surface area contributed by atoms with Gasteiger partial charge in [0.05, 0.1) is 13.2 Å². The average Bonchev–Trinajstić information content (AvgIpc) is 3.25. The summed E-state index contributed by atoms with van der Waals surface area (Å²) < 4.78 is 18.2. The third-order valence-corrected chi connectivity index (χ3v) is 3.93. The predicted octanol–water partition coefficient (Wildman–Crippen LogP) is 1.41. The van der Waals surface area contributed by atoms with Crippen molar-refractivity contribution in [2.75, 3.05) is 19.8 Å². The van der Waals surface area contributed by atoms with E-state index in [0.29, 0.717) is 43.2 Å². The van der Waals surface area contributed by atoms with E-state index >= 15 is 0 Å². The fourth-order valence-electron chi connectivity index (χ4n) is 2.52. The van der Waals surface area contributed by atoms with E-state index in [2.05, 4.69) is 20.7 Å². The zero-order chi connectivity index (χ0) is 16.8. The van der Waals surface area contributed by atoms with Crippen LogP contribution in [0, 0.1) is 11.7 Å². The van der Waals surface area contributed by atoms with Crippen molar-refractivity contribution in [2.24, 2.45) is 5.92 Å². The van der Waals surface area contributed by atoms with Gasteiger partial charge in [0.1, 0.15) is 5.82 Å². The van der Waals surface area contributed by atoms with Crippen molar-refractivity contribution in [3.05, 3.63) is 30.1 Å². The van der Waals surface area contributed by atoms with Gasteiger partial charge < -0.3 is 10.1 Å². The maximum Gasteiger partial charge on any atom is 0.220 e. The Kier molecular flexibility index (Phi) is 5.47. The molecule has 3 rings (SSSR count). The Balaban J connectivity index is 1.40. The molecular formula is C16H20FN5O2. The van der Waals surface area contributed by atoms with E-state index in [9.17, 15) is 9.18 Å². The maximum absolute atomic E-state index is 12.9. The number of nitrogens with zero attached hydrogens (tertiary/aromatic N) is 4. The summed E-state index contributed by atoms with van der Waals surface area (Å²) in [5.41, 5.74) is 0.708. The minimum atomic E-state index is -0.304. The molecule has 0 aliphatic carbocycles. The number of halogens is 1. The molecule has 8 heteroatoms. The number of aromatic nitrogens is 4. The van der Waals surface area contributed by atoms with Gasteiger partial charge >= 0.3 is 0 Å². The highest BCUT2D eigenvalue weighted by molar-refractivity contribution is 5.75. The van der Waals surface area contributed by atoms with E-state index in [4.69, 9.17) is 4.74 Å². The van der Waals surface area contributed by atoms with Crippen molar-refractivity contribution in [3.63, 3.8) is 0 Å². The van der Waals surface area contributed by atoms with Crippen LogP contribution >= 0.6 is 0 Å². The molecule has 1 N–H and O–H groups in total. The first-order valence-corrected chi connectivity index (χ1v) is 8.09. The van der Waals surface area contributed by atoms with Crippen LogP contribution in [-0.4, -0.2) is 45.9 Å². The number of aryl methyl sites for hydroxylation is 1. The number of hydrogen-bond donors (Lipinski definition) is 1. The van der Waals surface area contributed by atoms with Crippen LogP contribution in [0.2, 0.25) is 0 Å². The summed E-state index contributed by atoms with van der Waals surface area (Å²) in [4.78, 5) is 13.3. The van der Waals surface area contributed by atoms with Gasteiger partial charge in [0.15, 0.2) is 0 Å². The second-order valence-corrected chi connectivity index (χ2v) is 5.85. The molecule has 1 atom stereocenters. The van der Waals surface area contributed by atoms with Gasteiger partial charge in [0, 0.05) is 31.1 Å². The van der Waals surface area contributed by atoms with E-state index in [-0.39, 0.29) is 11.7 Å². The van der Waals surface area contributed by atoms with Crippen LogP contribution in [0.4, 0.5) is 4.39 Å². The van der Waals surface area contributed by atoms with E-state index in [1.165, 1.54) is 16.9 Å². The lowest BCUT2D eigenvalue weighted by molar-refractivity contribution is -0.121.